The Hall–Kier alpha value is -0.180. The van der Waals surface area contributed by atoms with E-state index in [-0.39, 0.29) is 5.92 Å². The Bertz CT molecular complexity index is 148. The minimum atomic E-state index is -0.700. The molecule has 14 heavy (non-hydrogen) atoms. The average Bonchev–Trinajstić information content (AvgIpc) is 2.16. The lowest BCUT2D eigenvalue weighted by molar-refractivity contribution is -0.141. The number of hydrogen-bond donors (Lipinski definition) is 2. The van der Waals surface area contributed by atoms with E-state index in [1.165, 1.54) is 25.7 Å². The topological polar surface area (TPSA) is 37.3 Å². The molecule has 2 nitrogen and oxygen atoms in total. The standard InChI is InChI=1S/C11H22O2S/c1-2-3-4-5-6-7-8-10(9-14)11(12)13/h10,14H,2-9H2,1H3,(H,12,13). The van der Waals surface area contributed by atoms with E-state index in [9.17, 15) is 4.79 Å². The second-order valence-corrected chi connectivity index (χ2v) is 4.14. The van der Waals surface area contributed by atoms with E-state index >= 15 is 0 Å². The van der Waals surface area contributed by atoms with Gasteiger partial charge in [0.1, 0.15) is 0 Å². The minimum Gasteiger partial charge on any atom is -0.481 e. The lowest BCUT2D eigenvalue weighted by Gasteiger charge is -2.08. The molecule has 0 fully saturated rings. The molecule has 0 aromatic heterocycles. The van der Waals surface area contributed by atoms with Crippen molar-refractivity contribution in [2.45, 2.75) is 51.9 Å². The van der Waals surface area contributed by atoms with Crippen LogP contribution in [-0.2, 0) is 4.79 Å². The highest BCUT2D eigenvalue weighted by Gasteiger charge is 2.13. The Kier molecular flexibility index (Phi) is 9.26. The summed E-state index contributed by atoms with van der Waals surface area (Å²) in [5.74, 6) is -0.484. The maximum absolute atomic E-state index is 10.6. The molecule has 0 aromatic carbocycles. The Morgan fingerprint density at radius 2 is 1.79 bits per heavy atom. The fourth-order valence-electron chi connectivity index (χ4n) is 1.46. The fraction of sp³-hybridized carbons (Fsp3) is 0.909. The largest absolute Gasteiger partial charge is 0.481 e. The lowest BCUT2D eigenvalue weighted by Crippen LogP contribution is -2.14. The number of thiol groups is 1. The van der Waals surface area contributed by atoms with Gasteiger partial charge in [-0.05, 0) is 6.42 Å². The molecule has 3 heteroatoms. The summed E-state index contributed by atoms with van der Waals surface area (Å²) < 4.78 is 0. The zero-order valence-electron chi connectivity index (χ0n) is 9.04. The molecule has 84 valence electrons. The van der Waals surface area contributed by atoms with Crippen molar-refractivity contribution in [3.05, 3.63) is 0 Å². The molecule has 0 aliphatic heterocycles. The monoisotopic (exact) mass is 218 g/mol. The van der Waals surface area contributed by atoms with Gasteiger partial charge < -0.3 is 5.11 Å². The van der Waals surface area contributed by atoms with Gasteiger partial charge in [-0.1, -0.05) is 45.4 Å². The predicted octanol–water partition coefficient (Wildman–Crippen LogP) is 3.37. The number of rotatable bonds is 9. The van der Waals surface area contributed by atoms with Gasteiger partial charge in [-0.2, -0.15) is 12.6 Å². The number of unbranched alkanes of at least 4 members (excludes halogenated alkanes) is 5. The normalized spacial score (nSPS) is 12.7. The van der Waals surface area contributed by atoms with Crippen LogP contribution in [0.5, 0.6) is 0 Å². The predicted molar refractivity (Wildman–Crippen MR) is 63.0 cm³/mol. The number of carboxylic acids is 1. The second-order valence-electron chi connectivity index (χ2n) is 3.77. The van der Waals surface area contributed by atoms with Crippen LogP contribution < -0.4 is 0 Å². The van der Waals surface area contributed by atoms with Gasteiger partial charge in [0.05, 0.1) is 5.92 Å². The van der Waals surface area contributed by atoms with Crippen LogP contribution in [-0.4, -0.2) is 16.8 Å². The van der Waals surface area contributed by atoms with Crippen molar-refractivity contribution in [1.29, 1.82) is 0 Å². The molecule has 1 N–H and O–H groups in total. The van der Waals surface area contributed by atoms with E-state index in [0.717, 1.165) is 19.3 Å². The van der Waals surface area contributed by atoms with Crippen LogP contribution in [0.1, 0.15) is 51.9 Å². The highest BCUT2D eigenvalue weighted by molar-refractivity contribution is 7.80. The Balaban J connectivity index is 3.29. The maximum atomic E-state index is 10.6. The molecule has 0 saturated heterocycles. The van der Waals surface area contributed by atoms with E-state index < -0.39 is 5.97 Å². The van der Waals surface area contributed by atoms with Gasteiger partial charge >= 0.3 is 5.97 Å². The van der Waals surface area contributed by atoms with E-state index in [1.54, 1.807) is 0 Å². The number of carboxylic acid groups (broad SMARTS) is 1. The Labute approximate surface area is 92.5 Å². The number of hydrogen-bond acceptors (Lipinski definition) is 2. The third-order valence-corrected chi connectivity index (χ3v) is 2.92. The highest BCUT2D eigenvalue weighted by atomic mass is 32.1. The van der Waals surface area contributed by atoms with Crippen molar-refractivity contribution >= 4 is 18.6 Å². The van der Waals surface area contributed by atoms with E-state index in [4.69, 9.17) is 5.11 Å². The van der Waals surface area contributed by atoms with Crippen molar-refractivity contribution in [2.75, 3.05) is 5.75 Å². The molecule has 0 heterocycles. The summed E-state index contributed by atoms with van der Waals surface area (Å²) in [6.07, 6.45) is 8.06. The number of aliphatic carboxylic acids is 1. The van der Waals surface area contributed by atoms with Crippen LogP contribution >= 0.6 is 12.6 Å². The van der Waals surface area contributed by atoms with E-state index in [1.807, 2.05) is 0 Å². The summed E-state index contributed by atoms with van der Waals surface area (Å²) >= 11 is 4.03. The van der Waals surface area contributed by atoms with E-state index in [2.05, 4.69) is 19.6 Å². The molecule has 0 aliphatic rings. The highest BCUT2D eigenvalue weighted by Crippen LogP contribution is 2.13. The van der Waals surface area contributed by atoms with Gasteiger partial charge in [-0.25, -0.2) is 0 Å². The molecule has 0 bridgehead atoms. The van der Waals surface area contributed by atoms with Crippen LogP contribution in [0.25, 0.3) is 0 Å². The van der Waals surface area contributed by atoms with Gasteiger partial charge in [-0.3, -0.25) is 4.79 Å². The van der Waals surface area contributed by atoms with Crippen LogP contribution in [0.2, 0.25) is 0 Å². The smallest absolute Gasteiger partial charge is 0.307 e. The molecule has 0 aromatic rings. The summed E-state index contributed by atoms with van der Waals surface area (Å²) in [6, 6.07) is 0. The minimum absolute atomic E-state index is 0.246. The van der Waals surface area contributed by atoms with Gasteiger partial charge in [0, 0.05) is 5.75 Å². The second kappa shape index (κ2) is 9.38. The third kappa shape index (κ3) is 7.25. The van der Waals surface area contributed by atoms with Crippen molar-refractivity contribution < 1.29 is 9.90 Å². The van der Waals surface area contributed by atoms with E-state index in [0.29, 0.717) is 5.75 Å². The lowest BCUT2D eigenvalue weighted by atomic mass is 10.0. The zero-order chi connectivity index (χ0) is 10.8. The molecule has 0 amide bonds. The first-order valence-electron chi connectivity index (χ1n) is 5.56. The first-order valence-corrected chi connectivity index (χ1v) is 6.19. The zero-order valence-corrected chi connectivity index (χ0v) is 9.93. The SMILES string of the molecule is CCCCCCCCC(CS)C(=O)O. The molecule has 0 radical (unpaired) electrons. The molecule has 0 rings (SSSR count). The summed E-state index contributed by atoms with van der Waals surface area (Å²) in [4.78, 5) is 10.6. The van der Waals surface area contributed by atoms with Crippen molar-refractivity contribution in [1.82, 2.24) is 0 Å². The molecule has 0 aliphatic carbocycles. The molecular formula is C11H22O2S. The molecule has 0 saturated carbocycles. The van der Waals surface area contributed by atoms with Crippen molar-refractivity contribution in [2.24, 2.45) is 5.92 Å². The van der Waals surface area contributed by atoms with Gasteiger partial charge in [-0.15, -0.1) is 0 Å². The number of carbonyl (C=O) groups is 1. The van der Waals surface area contributed by atoms with Crippen molar-refractivity contribution in [3.8, 4) is 0 Å². The first kappa shape index (κ1) is 13.8. The van der Waals surface area contributed by atoms with Gasteiger partial charge in [0.25, 0.3) is 0 Å². The van der Waals surface area contributed by atoms with Gasteiger partial charge in [0.2, 0.25) is 0 Å². The molecule has 1 atom stereocenters. The maximum Gasteiger partial charge on any atom is 0.307 e. The average molecular weight is 218 g/mol. The van der Waals surface area contributed by atoms with Crippen LogP contribution in [0, 0.1) is 5.92 Å². The van der Waals surface area contributed by atoms with Crippen LogP contribution in [0.3, 0.4) is 0 Å². The van der Waals surface area contributed by atoms with Gasteiger partial charge in [0.15, 0.2) is 0 Å². The van der Waals surface area contributed by atoms with Crippen LogP contribution in [0.15, 0.2) is 0 Å². The molecular weight excluding hydrogens is 196 g/mol. The summed E-state index contributed by atoms with van der Waals surface area (Å²) in [5.41, 5.74) is 0. The molecule has 0 spiro atoms. The summed E-state index contributed by atoms with van der Waals surface area (Å²) in [5, 5.41) is 8.77. The summed E-state index contributed by atoms with van der Waals surface area (Å²) in [6.45, 7) is 2.20. The molecule has 1 unspecified atom stereocenters. The Morgan fingerprint density at radius 3 is 2.29 bits per heavy atom. The quantitative estimate of drug-likeness (QED) is 0.460. The Morgan fingerprint density at radius 1 is 1.21 bits per heavy atom. The van der Waals surface area contributed by atoms with Crippen molar-refractivity contribution in [3.63, 3.8) is 0 Å². The third-order valence-electron chi connectivity index (χ3n) is 2.48. The van der Waals surface area contributed by atoms with Crippen LogP contribution in [0.4, 0.5) is 0 Å². The first-order chi connectivity index (χ1) is 6.72. The fourth-order valence-corrected chi connectivity index (χ4v) is 1.80. The summed E-state index contributed by atoms with van der Waals surface area (Å²) in [7, 11) is 0.